The highest BCUT2D eigenvalue weighted by molar-refractivity contribution is 5.20. The van der Waals surface area contributed by atoms with Crippen molar-refractivity contribution in [2.45, 2.75) is 19.0 Å². The second-order valence-corrected chi connectivity index (χ2v) is 4.82. The van der Waals surface area contributed by atoms with E-state index in [1.807, 2.05) is 30.3 Å². The third-order valence-electron chi connectivity index (χ3n) is 3.18. The van der Waals surface area contributed by atoms with Gasteiger partial charge in [0.2, 0.25) is 0 Å². The Bertz CT molecular complexity index is 566. The van der Waals surface area contributed by atoms with Gasteiger partial charge in [-0.25, -0.2) is 13.2 Å². The monoisotopic (exact) mass is 295 g/mol. The minimum atomic E-state index is -1.47. The molecule has 0 saturated heterocycles. The second-order valence-electron chi connectivity index (χ2n) is 4.82. The molecule has 2 rings (SSSR count). The molecular formula is C16H16F3NO. The quantitative estimate of drug-likeness (QED) is 0.803. The van der Waals surface area contributed by atoms with E-state index in [-0.39, 0.29) is 24.8 Å². The Balaban J connectivity index is 1.97. The number of hydrogen-bond acceptors (Lipinski definition) is 2. The number of benzene rings is 2. The first-order valence-corrected chi connectivity index (χ1v) is 6.61. The summed E-state index contributed by atoms with van der Waals surface area (Å²) >= 11 is 0. The second kappa shape index (κ2) is 7.24. The molecule has 0 fully saturated rings. The minimum Gasteiger partial charge on any atom is -0.395 e. The van der Waals surface area contributed by atoms with Crippen molar-refractivity contribution < 1.29 is 18.3 Å². The first kappa shape index (κ1) is 15.5. The zero-order valence-electron chi connectivity index (χ0n) is 11.3. The Morgan fingerprint density at radius 2 is 1.57 bits per heavy atom. The van der Waals surface area contributed by atoms with Gasteiger partial charge < -0.3 is 10.4 Å². The fraction of sp³-hybridized carbons (Fsp3) is 0.250. The zero-order chi connectivity index (χ0) is 15.2. The predicted molar refractivity (Wildman–Crippen MR) is 74.2 cm³/mol. The van der Waals surface area contributed by atoms with Gasteiger partial charge in [-0.1, -0.05) is 30.3 Å². The molecule has 0 aromatic heterocycles. The Morgan fingerprint density at radius 3 is 2.14 bits per heavy atom. The maximum Gasteiger partial charge on any atom is 0.194 e. The molecule has 0 aliphatic carbocycles. The fourth-order valence-corrected chi connectivity index (χ4v) is 2.07. The van der Waals surface area contributed by atoms with Gasteiger partial charge in [-0.05, 0) is 29.7 Å². The molecule has 0 unspecified atom stereocenters. The predicted octanol–water partition coefficient (Wildman–Crippen LogP) is 2.80. The normalized spacial score (nSPS) is 12.4. The summed E-state index contributed by atoms with van der Waals surface area (Å²) in [4.78, 5) is 0. The molecule has 1 atom stereocenters. The molecule has 0 radical (unpaired) electrons. The number of aliphatic hydroxyl groups excluding tert-OH is 1. The Kier molecular flexibility index (Phi) is 5.36. The van der Waals surface area contributed by atoms with Crippen LogP contribution in [0.5, 0.6) is 0 Å². The number of nitrogens with one attached hydrogen (secondary N) is 1. The smallest absolute Gasteiger partial charge is 0.194 e. The van der Waals surface area contributed by atoms with E-state index < -0.39 is 17.5 Å². The van der Waals surface area contributed by atoms with E-state index in [9.17, 15) is 18.3 Å². The van der Waals surface area contributed by atoms with E-state index in [2.05, 4.69) is 5.32 Å². The van der Waals surface area contributed by atoms with Crippen molar-refractivity contribution in [1.29, 1.82) is 0 Å². The molecule has 0 aliphatic rings. The van der Waals surface area contributed by atoms with E-state index in [0.29, 0.717) is 6.42 Å². The summed E-state index contributed by atoms with van der Waals surface area (Å²) in [5, 5.41) is 12.4. The lowest BCUT2D eigenvalue weighted by Gasteiger charge is -2.16. The summed E-state index contributed by atoms with van der Waals surface area (Å²) in [5.74, 6) is -3.90. The largest absolute Gasteiger partial charge is 0.395 e. The third kappa shape index (κ3) is 4.31. The van der Waals surface area contributed by atoms with Crippen molar-refractivity contribution in [1.82, 2.24) is 5.32 Å². The topological polar surface area (TPSA) is 32.3 Å². The van der Waals surface area contributed by atoms with Crippen LogP contribution < -0.4 is 5.32 Å². The van der Waals surface area contributed by atoms with Crippen molar-refractivity contribution in [3.05, 3.63) is 71.0 Å². The standard InChI is InChI=1S/C16H16F3NO/c17-14-7-12(8-15(18)16(14)19)9-20-13(10-21)6-11-4-2-1-3-5-11/h1-5,7-8,13,20-21H,6,9-10H2/t13-/m1/s1. The lowest BCUT2D eigenvalue weighted by molar-refractivity contribution is 0.240. The van der Waals surface area contributed by atoms with Crippen LogP contribution in [-0.2, 0) is 13.0 Å². The van der Waals surface area contributed by atoms with E-state index in [1.165, 1.54) is 0 Å². The molecule has 21 heavy (non-hydrogen) atoms. The van der Waals surface area contributed by atoms with Gasteiger partial charge in [0.15, 0.2) is 17.5 Å². The third-order valence-corrected chi connectivity index (χ3v) is 3.18. The number of aliphatic hydroxyl groups is 1. The molecule has 2 aromatic rings. The first-order chi connectivity index (χ1) is 10.1. The summed E-state index contributed by atoms with van der Waals surface area (Å²) < 4.78 is 39.1. The lowest BCUT2D eigenvalue weighted by Crippen LogP contribution is -2.34. The van der Waals surface area contributed by atoms with Crippen molar-refractivity contribution in [3.63, 3.8) is 0 Å². The molecule has 2 nitrogen and oxygen atoms in total. The summed E-state index contributed by atoms with van der Waals surface area (Å²) in [6.07, 6.45) is 0.587. The fourth-order valence-electron chi connectivity index (χ4n) is 2.07. The van der Waals surface area contributed by atoms with Crippen LogP contribution in [0.25, 0.3) is 0 Å². The van der Waals surface area contributed by atoms with Gasteiger partial charge in [0.25, 0.3) is 0 Å². The van der Waals surface area contributed by atoms with Crippen molar-refractivity contribution in [2.24, 2.45) is 0 Å². The average molecular weight is 295 g/mol. The van der Waals surface area contributed by atoms with Crippen LogP contribution in [0.2, 0.25) is 0 Å². The molecular weight excluding hydrogens is 279 g/mol. The SMILES string of the molecule is OC[C@@H](Cc1ccccc1)NCc1cc(F)c(F)c(F)c1. The Hall–Kier alpha value is -1.85. The maximum absolute atomic E-state index is 13.1. The maximum atomic E-state index is 13.1. The van der Waals surface area contributed by atoms with Gasteiger partial charge >= 0.3 is 0 Å². The summed E-state index contributed by atoms with van der Waals surface area (Å²) in [6.45, 7) is 0.0350. The molecule has 2 N–H and O–H groups in total. The number of rotatable bonds is 6. The van der Waals surface area contributed by atoms with E-state index >= 15 is 0 Å². The van der Waals surface area contributed by atoms with Crippen LogP contribution >= 0.6 is 0 Å². The molecule has 0 aliphatic heterocycles. The molecule has 0 spiro atoms. The van der Waals surface area contributed by atoms with Gasteiger partial charge in [0.05, 0.1) is 6.61 Å². The highest BCUT2D eigenvalue weighted by Gasteiger charge is 2.12. The van der Waals surface area contributed by atoms with Gasteiger partial charge in [0, 0.05) is 12.6 Å². The minimum absolute atomic E-state index is 0.110. The Labute approximate surface area is 121 Å². The highest BCUT2D eigenvalue weighted by Crippen LogP contribution is 2.13. The van der Waals surface area contributed by atoms with Gasteiger partial charge in [-0.3, -0.25) is 0 Å². The molecule has 0 bridgehead atoms. The van der Waals surface area contributed by atoms with Crippen LogP contribution in [0.15, 0.2) is 42.5 Å². The zero-order valence-corrected chi connectivity index (χ0v) is 11.3. The molecule has 0 amide bonds. The lowest BCUT2D eigenvalue weighted by atomic mass is 10.1. The van der Waals surface area contributed by atoms with Crippen LogP contribution in [0.4, 0.5) is 13.2 Å². The Morgan fingerprint density at radius 1 is 0.952 bits per heavy atom. The van der Waals surface area contributed by atoms with Gasteiger partial charge in [-0.15, -0.1) is 0 Å². The van der Waals surface area contributed by atoms with Crippen LogP contribution in [0.3, 0.4) is 0 Å². The van der Waals surface area contributed by atoms with Crippen molar-refractivity contribution >= 4 is 0 Å². The number of hydrogen-bond donors (Lipinski definition) is 2. The molecule has 0 heterocycles. The van der Waals surface area contributed by atoms with E-state index in [4.69, 9.17) is 0 Å². The van der Waals surface area contributed by atoms with Gasteiger partial charge in [-0.2, -0.15) is 0 Å². The van der Waals surface area contributed by atoms with E-state index in [1.54, 1.807) is 0 Å². The molecule has 0 saturated carbocycles. The van der Waals surface area contributed by atoms with E-state index in [0.717, 1.165) is 17.7 Å². The van der Waals surface area contributed by atoms with Crippen molar-refractivity contribution in [2.75, 3.05) is 6.61 Å². The summed E-state index contributed by atoms with van der Waals surface area (Å²) in [5.41, 5.74) is 1.33. The average Bonchev–Trinajstić information content (AvgIpc) is 2.49. The highest BCUT2D eigenvalue weighted by atomic mass is 19.2. The van der Waals surface area contributed by atoms with Gasteiger partial charge in [0.1, 0.15) is 0 Å². The van der Waals surface area contributed by atoms with Crippen LogP contribution in [-0.4, -0.2) is 17.8 Å². The van der Waals surface area contributed by atoms with Crippen LogP contribution in [0, 0.1) is 17.5 Å². The van der Waals surface area contributed by atoms with Crippen LogP contribution in [0.1, 0.15) is 11.1 Å². The summed E-state index contributed by atoms with van der Waals surface area (Å²) in [7, 11) is 0. The first-order valence-electron chi connectivity index (χ1n) is 6.61. The summed E-state index contributed by atoms with van der Waals surface area (Å²) in [6, 6.07) is 11.2. The van der Waals surface area contributed by atoms with Crippen molar-refractivity contribution in [3.8, 4) is 0 Å². The molecule has 2 aromatic carbocycles. The molecule has 112 valence electrons. The molecule has 5 heteroatoms. The number of halogens is 3.